The fourth-order valence-electron chi connectivity index (χ4n) is 13.2. The number of benzene rings is 4. The number of aromatic nitrogens is 6. The van der Waals surface area contributed by atoms with Crippen LogP contribution in [0.4, 0.5) is 0 Å². The number of amides is 2. The van der Waals surface area contributed by atoms with Crippen molar-refractivity contribution in [2.75, 3.05) is 33.9 Å². The molecule has 0 saturated heterocycles. The zero-order valence-electron chi connectivity index (χ0n) is 54.5. The highest BCUT2D eigenvalue weighted by Gasteiger charge is 2.31. The Kier molecular flexibility index (Phi) is 22.4. The van der Waals surface area contributed by atoms with Crippen molar-refractivity contribution in [3.05, 3.63) is 179 Å². The van der Waals surface area contributed by atoms with Crippen molar-refractivity contribution in [1.82, 2.24) is 39.7 Å². The summed E-state index contributed by atoms with van der Waals surface area (Å²) in [5.74, 6) is -0.216. The highest BCUT2D eigenvalue weighted by molar-refractivity contribution is 7.15. The second-order valence-electron chi connectivity index (χ2n) is 24.0. The highest BCUT2D eigenvalue weighted by atomic mass is 32.1. The summed E-state index contributed by atoms with van der Waals surface area (Å²) >= 11 is 3.32. The number of hydrogen-bond donors (Lipinski definition) is 3. The van der Waals surface area contributed by atoms with Gasteiger partial charge in [-0.05, 0) is 174 Å². The molecule has 2 saturated carbocycles. The average molecular weight is 1280 g/mol. The maximum atomic E-state index is 13.4. The normalized spacial score (nSPS) is 13.5. The lowest BCUT2D eigenvalue weighted by Gasteiger charge is -2.24. The molecule has 15 nitrogen and oxygen atoms in total. The summed E-state index contributed by atoms with van der Waals surface area (Å²) in [7, 11) is 2.78. The largest absolute Gasteiger partial charge is 0.468 e. The monoisotopic (exact) mass is 1280 g/mol. The molecule has 0 spiro atoms. The van der Waals surface area contributed by atoms with Crippen LogP contribution >= 0.6 is 22.7 Å². The Labute approximate surface area is 553 Å². The molecule has 17 heteroatoms. The lowest BCUT2D eigenvalue weighted by Crippen LogP contribution is -2.28. The number of methoxy groups -OCH3 is 2. The predicted octanol–water partition coefficient (Wildman–Crippen LogP) is 16.8. The van der Waals surface area contributed by atoms with Gasteiger partial charge in [0.25, 0.3) is 5.91 Å². The molecule has 6 aromatic heterocycles. The summed E-state index contributed by atoms with van der Waals surface area (Å²) < 4.78 is 14.3. The van der Waals surface area contributed by atoms with Crippen molar-refractivity contribution in [3.8, 4) is 43.7 Å². The fourth-order valence-corrected chi connectivity index (χ4v) is 15.0. The predicted molar refractivity (Wildman–Crippen MR) is 380 cm³/mol. The smallest absolute Gasteiger partial charge is 0.337 e. The van der Waals surface area contributed by atoms with Gasteiger partial charge in [-0.1, -0.05) is 93.2 Å². The average Bonchev–Trinajstić information content (AvgIpc) is 1.61. The molecule has 0 radical (unpaired) electrons. The number of nitrogens with one attached hydrogen (secondary N) is 2. The number of carbonyl (C=O) groups is 4. The van der Waals surface area contributed by atoms with Gasteiger partial charge >= 0.3 is 11.9 Å². The molecule has 0 unspecified atom stereocenters. The number of pyridine rings is 2. The Morgan fingerprint density at radius 3 is 1.47 bits per heavy atom. The number of hydrogen-bond acceptors (Lipinski definition) is 13. The number of thiazole rings is 2. The molecule has 2 aliphatic rings. The number of ether oxygens (including phenoxy) is 2. The standard InChI is InChI=1S/C39H43N5O2S.C33H33N3O4S.C4H9N/c1-5-7-20-40-35(45)24-44-34-23-30(39(46)41-21-8-6-2)14-17-31(34)36(27-12-10-9-11-13-27)37(44)29-16-18-32-28(22-29)15-19-33(43-32)38-25(3)42-26(4)47-38;1-19-32(41-20(2)34-19)27-15-11-22-16-23(12-14-26(22)35-27)31-30(21-8-6-5-7-9-21)25-13-10-24(33(38)40-4)17-28(25)36(31)18-29(37)39-3;1-2-3-4-5/h5-6,14-19,22-23,27H,1-2,7-13,20-21,24H2,3-4H3,(H,40,45)(H,41,46);10-17,21H,5-9,18H2,1-4H3;2H,1,3-5H2. The maximum absolute atomic E-state index is 13.4. The fraction of sp³-hybridized carbons (Fsp3) is 0.342. The molecule has 4 aromatic carbocycles. The zero-order chi connectivity index (χ0) is 65.7. The van der Waals surface area contributed by atoms with Gasteiger partial charge in [-0.3, -0.25) is 14.4 Å². The summed E-state index contributed by atoms with van der Waals surface area (Å²) in [5.41, 5.74) is 20.1. The zero-order valence-corrected chi connectivity index (χ0v) is 56.1. The Morgan fingerprint density at radius 1 is 0.559 bits per heavy atom. The third kappa shape index (κ3) is 15.3. The van der Waals surface area contributed by atoms with Crippen LogP contribution in [0.25, 0.3) is 87.3 Å². The van der Waals surface area contributed by atoms with Crippen molar-refractivity contribution in [1.29, 1.82) is 0 Å². The van der Waals surface area contributed by atoms with E-state index in [1.165, 1.54) is 63.9 Å². The van der Waals surface area contributed by atoms with Crippen molar-refractivity contribution in [2.24, 2.45) is 5.73 Å². The van der Waals surface area contributed by atoms with E-state index in [2.05, 4.69) is 112 Å². The van der Waals surface area contributed by atoms with Crippen LogP contribution in [0, 0.1) is 27.7 Å². The van der Waals surface area contributed by atoms with Crippen LogP contribution in [0.1, 0.15) is 149 Å². The summed E-state index contributed by atoms with van der Waals surface area (Å²) in [6, 6.07) is 32.8. The first-order valence-corrected chi connectivity index (χ1v) is 34.1. The second kappa shape index (κ2) is 31.1. The number of carbonyl (C=O) groups excluding carboxylic acids is 4. The molecular weight excluding hydrogens is 1200 g/mol. The van der Waals surface area contributed by atoms with E-state index in [1.54, 1.807) is 40.9 Å². The SMILES string of the molecule is C=CCCN.C=CCCNC(=O)Cn1c(-c2ccc3nc(-c4sc(C)nc4C)ccc3c2)c(C2CCCCC2)c2ccc(C(=O)NCCC=C)cc21.COC(=O)Cn1c(-c2ccc3nc(-c4sc(C)nc4C)ccc3c2)c(C2CCCCC2)c2ccc(C(=O)OC)cc21. The molecule has 93 heavy (non-hydrogen) atoms. The van der Waals surface area contributed by atoms with E-state index in [0.29, 0.717) is 48.9 Å². The summed E-state index contributed by atoms with van der Waals surface area (Å²) in [6.45, 7) is 21.1. The first-order valence-electron chi connectivity index (χ1n) is 32.4. The maximum Gasteiger partial charge on any atom is 0.337 e. The van der Waals surface area contributed by atoms with Gasteiger partial charge in [0.2, 0.25) is 5.91 Å². The first kappa shape index (κ1) is 67.0. The Morgan fingerprint density at radius 2 is 1.03 bits per heavy atom. The highest BCUT2D eigenvalue weighted by Crippen LogP contribution is 2.47. The van der Waals surface area contributed by atoms with Gasteiger partial charge in [0.05, 0.1) is 95.8 Å². The number of nitrogens with two attached hydrogens (primary N) is 1. The van der Waals surface area contributed by atoms with Crippen LogP contribution in [0.5, 0.6) is 0 Å². The molecule has 2 aliphatic carbocycles. The minimum absolute atomic E-state index is 0.0406. The van der Waals surface area contributed by atoms with Crippen LogP contribution in [-0.4, -0.2) is 86.7 Å². The molecule has 482 valence electrons. The molecule has 0 bridgehead atoms. The molecule has 2 fully saturated rings. The molecule has 6 heterocycles. The van der Waals surface area contributed by atoms with Gasteiger partial charge < -0.3 is 35.0 Å². The quantitative estimate of drug-likeness (QED) is 0.0373. The third-order valence-electron chi connectivity index (χ3n) is 17.6. The number of nitrogens with zero attached hydrogens (tertiary/aromatic N) is 6. The molecule has 10 aromatic rings. The lowest BCUT2D eigenvalue weighted by atomic mass is 9.81. The second-order valence-corrected chi connectivity index (χ2v) is 26.4. The molecule has 2 amide bonds. The summed E-state index contributed by atoms with van der Waals surface area (Å²) in [5, 5.41) is 12.3. The summed E-state index contributed by atoms with van der Waals surface area (Å²) in [4.78, 5) is 73.2. The van der Waals surface area contributed by atoms with Gasteiger partial charge in [-0.25, -0.2) is 24.7 Å². The van der Waals surface area contributed by atoms with Gasteiger partial charge in [0.1, 0.15) is 13.1 Å². The van der Waals surface area contributed by atoms with Crippen LogP contribution < -0.4 is 16.4 Å². The number of fused-ring (bicyclic) bond motifs is 4. The van der Waals surface area contributed by atoms with E-state index in [1.807, 2.05) is 62.6 Å². The Balaban J connectivity index is 0.000000191. The first-order chi connectivity index (χ1) is 45.2. The van der Waals surface area contributed by atoms with Crippen LogP contribution in [0.3, 0.4) is 0 Å². The van der Waals surface area contributed by atoms with Crippen LogP contribution in [0.2, 0.25) is 0 Å². The molecule has 4 N–H and O–H groups in total. The van der Waals surface area contributed by atoms with Crippen LogP contribution in [-0.2, 0) is 32.2 Å². The van der Waals surface area contributed by atoms with E-state index < -0.39 is 5.97 Å². The van der Waals surface area contributed by atoms with E-state index in [4.69, 9.17) is 25.2 Å². The lowest BCUT2D eigenvalue weighted by molar-refractivity contribution is -0.141. The van der Waals surface area contributed by atoms with E-state index in [9.17, 15) is 19.2 Å². The Hall–Kier alpha value is -8.90. The van der Waals surface area contributed by atoms with Gasteiger partial charge in [0, 0.05) is 40.2 Å². The van der Waals surface area contributed by atoms with Gasteiger partial charge in [0.15, 0.2) is 0 Å². The van der Waals surface area contributed by atoms with E-state index >= 15 is 0 Å². The minimum atomic E-state index is -0.405. The van der Waals surface area contributed by atoms with Crippen molar-refractivity contribution in [3.63, 3.8) is 0 Å². The third-order valence-corrected chi connectivity index (χ3v) is 19.8. The molecule has 0 atom stereocenters. The Bertz CT molecular complexity index is 4400. The topological polar surface area (TPSA) is 198 Å². The van der Waals surface area contributed by atoms with Gasteiger partial charge in [-0.15, -0.1) is 42.4 Å². The van der Waals surface area contributed by atoms with Crippen LogP contribution in [0.15, 0.2) is 135 Å². The van der Waals surface area contributed by atoms with E-state index in [-0.39, 0.29) is 30.9 Å². The molecular formula is C76H85N9O6S2. The van der Waals surface area contributed by atoms with Crippen molar-refractivity contribution >= 4 is 90.0 Å². The summed E-state index contributed by atoms with van der Waals surface area (Å²) in [6.07, 6.45) is 19.3. The number of aryl methyl sites for hydroxylation is 4. The van der Waals surface area contributed by atoms with Crippen molar-refractivity contribution < 1.29 is 28.7 Å². The van der Waals surface area contributed by atoms with Crippen molar-refractivity contribution in [2.45, 2.75) is 136 Å². The minimum Gasteiger partial charge on any atom is -0.468 e. The number of esters is 2. The van der Waals surface area contributed by atoms with Gasteiger partial charge in [-0.2, -0.15) is 0 Å². The number of rotatable bonds is 20. The molecule has 12 rings (SSSR count). The molecule has 0 aliphatic heterocycles. The van der Waals surface area contributed by atoms with E-state index in [0.717, 1.165) is 147 Å².